The Bertz CT molecular complexity index is 409. The zero-order valence-corrected chi connectivity index (χ0v) is 11.8. The number of rotatable bonds is 2. The zero-order chi connectivity index (χ0) is 12.6. The van der Waals surface area contributed by atoms with E-state index in [1.807, 2.05) is 0 Å². The summed E-state index contributed by atoms with van der Waals surface area (Å²) in [6.45, 7) is 4.38. The van der Waals surface area contributed by atoms with Crippen LogP contribution in [0.25, 0.3) is 0 Å². The van der Waals surface area contributed by atoms with Crippen molar-refractivity contribution < 1.29 is 0 Å². The summed E-state index contributed by atoms with van der Waals surface area (Å²) in [5.74, 6) is 0. The van der Waals surface area contributed by atoms with E-state index in [0.717, 1.165) is 6.04 Å². The Hall–Kier alpha value is -0.980. The van der Waals surface area contributed by atoms with Gasteiger partial charge in [0.05, 0.1) is 0 Å². The standard InChI is InChI=1S/C17H25N/c1-13-10-14(2)12-15(11-13)18-16-6-9-17(16)7-4-3-5-8-17/h10-12,16,18H,3-9H2,1-2H3. The normalized spacial score (nSPS) is 25.8. The van der Waals surface area contributed by atoms with Crippen LogP contribution in [0.1, 0.15) is 56.1 Å². The molecule has 1 heteroatoms. The lowest BCUT2D eigenvalue weighted by molar-refractivity contribution is 0.0571. The van der Waals surface area contributed by atoms with Gasteiger partial charge in [0.15, 0.2) is 0 Å². The second-order valence-corrected chi connectivity index (χ2v) is 6.54. The Balaban J connectivity index is 1.72. The zero-order valence-electron chi connectivity index (χ0n) is 11.8. The Kier molecular flexibility index (Phi) is 3.09. The van der Waals surface area contributed by atoms with Crippen LogP contribution in [0.4, 0.5) is 5.69 Å². The van der Waals surface area contributed by atoms with Gasteiger partial charge in [0.2, 0.25) is 0 Å². The highest BCUT2D eigenvalue weighted by Gasteiger charge is 2.46. The first-order chi connectivity index (χ1) is 8.68. The second-order valence-electron chi connectivity index (χ2n) is 6.54. The first kappa shape index (κ1) is 12.1. The van der Waals surface area contributed by atoms with Crippen molar-refractivity contribution in [3.63, 3.8) is 0 Å². The topological polar surface area (TPSA) is 12.0 Å². The molecule has 0 saturated heterocycles. The van der Waals surface area contributed by atoms with E-state index in [1.54, 1.807) is 0 Å². The molecule has 2 aliphatic rings. The highest BCUT2D eigenvalue weighted by atomic mass is 15.0. The number of anilines is 1. The molecule has 0 aromatic heterocycles. The van der Waals surface area contributed by atoms with Crippen molar-refractivity contribution in [2.75, 3.05) is 5.32 Å². The predicted molar refractivity (Wildman–Crippen MR) is 78.1 cm³/mol. The minimum atomic E-state index is 0.649. The molecule has 18 heavy (non-hydrogen) atoms. The Morgan fingerprint density at radius 3 is 2.17 bits per heavy atom. The van der Waals surface area contributed by atoms with Crippen LogP contribution < -0.4 is 5.32 Å². The second kappa shape index (κ2) is 4.60. The van der Waals surface area contributed by atoms with Crippen molar-refractivity contribution >= 4 is 5.69 Å². The highest BCUT2D eigenvalue weighted by molar-refractivity contribution is 5.50. The molecule has 0 radical (unpaired) electrons. The highest BCUT2D eigenvalue weighted by Crippen LogP contribution is 2.52. The van der Waals surface area contributed by atoms with Crippen LogP contribution in [0.3, 0.4) is 0 Å². The van der Waals surface area contributed by atoms with Crippen LogP contribution in [0.5, 0.6) is 0 Å². The Morgan fingerprint density at radius 2 is 1.61 bits per heavy atom. The van der Waals surface area contributed by atoms with Gasteiger partial charge in [0, 0.05) is 11.7 Å². The van der Waals surface area contributed by atoms with Gasteiger partial charge in [-0.3, -0.25) is 0 Å². The fourth-order valence-electron chi connectivity index (χ4n) is 4.04. The van der Waals surface area contributed by atoms with Crippen LogP contribution in [0.2, 0.25) is 0 Å². The smallest absolute Gasteiger partial charge is 0.0347 e. The fraction of sp³-hybridized carbons (Fsp3) is 0.647. The summed E-state index contributed by atoms with van der Waals surface area (Å²) in [6.07, 6.45) is 10.1. The molecule has 0 amide bonds. The molecule has 1 spiro atoms. The van der Waals surface area contributed by atoms with Crippen LogP contribution in [0, 0.1) is 19.3 Å². The van der Waals surface area contributed by atoms with E-state index in [0.29, 0.717) is 5.41 Å². The van der Waals surface area contributed by atoms with Crippen molar-refractivity contribution in [3.8, 4) is 0 Å². The van der Waals surface area contributed by atoms with Gasteiger partial charge < -0.3 is 5.32 Å². The lowest BCUT2D eigenvalue weighted by atomic mass is 9.57. The number of benzene rings is 1. The minimum absolute atomic E-state index is 0.649. The molecular weight excluding hydrogens is 218 g/mol. The lowest BCUT2D eigenvalue weighted by Gasteiger charge is -2.52. The first-order valence-electron chi connectivity index (χ1n) is 7.53. The molecule has 1 aromatic rings. The quantitative estimate of drug-likeness (QED) is 0.784. The molecule has 3 rings (SSSR count). The molecule has 0 aliphatic heterocycles. The molecule has 1 N–H and O–H groups in total. The average molecular weight is 243 g/mol. The molecule has 2 saturated carbocycles. The SMILES string of the molecule is Cc1cc(C)cc(NC2CCC23CCCCC3)c1. The van der Waals surface area contributed by atoms with Crippen molar-refractivity contribution in [2.24, 2.45) is 5.41 Å². The van der Waals surface area contributed by atoms with E-state index >= 15 is 0 Å². The third-order valence-corrected chi connectivity index (χ3v) is 5.08. The van der Waals surface area contributed by atoms with E-state index in [1.165, 1.54) is 61.8 Å². The predicted octanol–water partition coefficient (Wildman–Crippen LogP) is 4.83. The largest absolute Gasteiger partial charge is 0.382 e. The molecule has 2 fully saturated rings. The summed E-state index contributed by atoms with van der Waals surface area (Å²) in [4.78, 5) is 0. The number of hydrogen-bond donors (Lipinski definition) is 1. The summed E-state index contributed by atoms with van der Waals surface area (Å²) in [7, 11) is 0. The summed E-state index contributed by atoms with van der Waals surface area (Å²) in [5, 5.41) is 3.82. The molecule has 1 nitrogen and oxygen atoms in total. The number of hydrogen-bond acceptors (Lipinski definition) is 1. The van der Waals surface area contributed by atoms with Gasteiger partial charge in [-0.15, -0.1) is 0 Å². The lowest BCUT2D eigenvalue weighted by Crippen LogP contribution is -2.50. The van der Waals surface area contributed by atoms with E-state index in [4.69, 9.17) is 0 Å². The van der Waals surface area contributed by atoms with Crippen LogP contribution in [0.15, 0.2) is 18.2 Å². The average Bonchev–Trinajstić information content (AvgIpc) is 2.35. The number of nitrogens with one attached hydrogen (secondary N) is 1. The first-order valence-corrected chi connectivity index (χ1v) is 7.53. The van der Waals surface area contributed by atoms with Gasteiger partial charge in [-0.25, -0.2) is 0 Å². The Morgan fingerprint density at radius 1 is 0.944 bits per heavy atom. The van der Waals surface area contributed by atoms with Crippen molar-refractivity contribution in [3.05, 3.63) is 29.3 Å². The molecule has 0 heterocycles. The fourth-order valence-corrected chi connectivity index (χ4v) is 4.04. The van der Waals surface area contributed by atoms with Gasteiger partial charge in [-0.1, -0.05) is 25.3 Å². The van der Waals surface area contributed by atoms with Crippen molar-refractivity contribution in [1.82, 2.24) is 0 Å². The summed E-state index contributed by atoms with van der Waals surface area (Å²) < 4.78 is 0. The maximum absolute atomic E-state index is 3.82. The summed E-state index contributed by atoms with van der Waals surface area (Å²) in [5.41, 5.74) is 4.72. The summed E-state index contributed by atoms with van der Waals surface area (Å²) in [6, 6.07) is 7.57. The minimum Gasteiger partial charge on any atom is -0.382 e. The van der Waals surface area contributed by atoms with E-state index < -0.39 is 0 Å². The van der Waals surface area contributed by atoms with E-state index in [2.05, 4.69) is 37.4 Å². The summed E-state index contributed by atoms with van der Waals surface area (Å²) >= 11 is 0. The number of aryl methyl sites for hydroxylation is 2. The molecule has 1 unspecified atom stereocenters. The van der Waals surface area contributed by atoms with E-state index in [-0.39, 0.29) is 0 Å². The molecule has 2 aliphatic carbocycles. The molecule has 0 bridgehead atoms. The third-order valence-electron chi connectivity index (χ3n) is 5.08. The van der Waals surface area contributed by atoms with Crippen molar-refractivity contribution in [1.29, 1.82) is 0 Å². The molecular formula is C17H25N. The molecule has 1 atom stereocenters. The molecule has 98 valence electrons. The Labute approximate surface area is 111 Å². The van der Waals surface area contributed by atoms with Crippen molar-refractivity contribution in [2.45, 2.75) is 64.8 Å². The van der Waals surface area contributed by atoms with Gasteiger partial charge in [0.25, 0.3) is 0 Å². The van der Waals surface area contributed by atoms with Crippen LogP contribution in [-0.4, -0.2) is 6.04 Å². The van der Waals surface area contributed by atoms with Crippen LogP contribution >= 0.6 is 0 Å². The monoisotopic (exact) mass is 243 g/mol. The van der Waals surface area contributed by atoms with Crippen LogP contribution in [-0.2, 0) is 0 Å². The molecule has 1 aromatic carbocycles. The third kappa shape index (κ3) is 2.15. The van der Waals surface area contributed by atoms with Gasteiger partial charge in [-0.2, -0.15) is 0 Å². The maximum Gasteiger partial charge on any atom is 0.0347 e. The maximum atomic E-state index is 3.82. The van der Waals surface area contributed by atoms with Gasteiger partial charge in [0.1, 0.15) is 0 Å². The van der Waals surface area contributed by atoms with Gasteiger partial charge >= 0.3 is 0 Å². The van der Waals surface area contributed by atoms with E-state index in [9.17, 15) is 0 Å². The van der Waals surface area contributed by atoms with Gasteiger partial charge in [-0.05, 0) is 68.2 Å².